The third-order valence-electron chi connectivity index (χ3n) is 4.38. The van der Waals surface area contributed by atoms with Crippen molar-refractivity contribution in [3.63, 3.8) is 0 Å². The molecule has 0 saturated heterocycles. The lowest BCUT2D eigenvalue weighted by molar-refractivity contribution is 0.951. The third kappa shape index (κ3) is 2.78. The Morgan fingerprint density at radius 3 is 2.55 bits per heavy atom. The number of anilines is 1. The third-order valence-corrected chi connectivity index (χ3v) is 4.38. The lowest BCUT2D eigenvalue weighted by atomic mass is 9.96. The van der Waals surface area contributed by atoms with Gasteiger partial charge >= 0.3 is 0 Å². The number of allylic oxidation sites excluding steroid dienone is 1. The monoisotopic (exact) mass is 292 g/mol. The van der Waals surface area contributed by atoms with E-state index in [1.807, 2.05) is 12.3 Å². The number of aryl methyl sites for hydroxylation is 4. The van der Waals surface area contributed by atoms with Crippen molar-refractivity contribution in [3.8, 4) is 0 Å². The van der Waals surface area contributed by atoms with Crippen LogP contribution in [0.3, 0.4) is 0 Å². The van der Waals surface area contributed by atoms with Crippen LogP contribution in [-0.2, 0) is 19.3 Å². The van der Waals surface area contributed by atoms with Crippen LogP contribution < -0.4 is 5.32 Å². The van der Waals surface area contributed by atoms with Crippen molar-refractivity contribution in [1.29, 1.82) is 0 Å². The highest BCUT2D eigenvalue weighted by Crippen LogP contribution is 2.31. The van der Waals surface area contributed by atoms with Gasteiger partial charge in [-0.05, 0) is 55.4 Å². The molecule has 2 heteroatoms. The topological polar surface area (TPSA) is 24.9 Å². The number of benzene rings is 1. The van der Waals surface area contributed by atoms with Gasteiger partial charge in [0.1, 0.15) is 0 Å². The summed E-state index contributed by atoms with van der Waals surface area (Å²) in [6.45, 7) is 6.63. The molecule has 0 radical (unpaired) electrons. The summed E-state index contributed by atoms with van der Waals surface area (Å²) in [5.41, 5.74) is 9.02. The molecule has 0 unspecified atom stereocenters. The summed E-state index contributed by atoms with van der Waals surface area (Å²) in [5, 5.41) is 3.70. The first kappa shape index (κ1) is 14.8. The van der Waals surface area contributed by atoms with Crippen LogP contribution in [0.4, 0.5) is 5.69 Å². The Balaban J connectivity index is 2.02. The van der Waals surface area contributed by atoms with Crippen LogP contribution in [0.1, 0.15) is 48.2 Å². The number of pyridine rings is 1. The fourth-order valence-electron chi connectivity index (χ4n) is 3.26. The van der Waals surface area contributed by atoms with Crippen LogP contribution in [0.5, 0.6) is 0 Å². The quantitative estimate of drug-likeness (QED) is 0.865. The van der Waals surface area contributed by atoms with E-state index in [0.717, 1.165) is 37.1 Å². The van der Waals surface area contributed by atoms with Crippen molar-refractivity contribution in [2.24, 2.45) is 0 Å². The van der Waals surface area contributed by atoms with Gasteiger partial charge in [0.15, 0.2) is 0 Å². The molecule has 0 saturated carbocycles. The van der Waals surface area contributed by atoms with Crippen LogP contribution in [0.15, 0.2) is 36.5 Å². The average Bonchev–Trinajstić information content (AvgIpc) is 2.56. The van der Waals surface area contributed by atoms with Gasteiger partial charge in [0.2, 0.25) is 0 Å². The first-order valence-electron chi connectivity index (χ1n) is 8.26. The van der Waals surface area contributed by atoms with Gasteiger partial charge in [-0.25, -0.2) is 0 Å². The molecule has 0 atom stereocenters. The molecule has 2 nitrogen and oxygen atoms in total. The number of nitrogens with zero attached hydrogens (tertiary/aromatic N) is 1. The summed E-state index contributed by atoms with van der Waals surface area (Å²) < 4.78 is 0. The fraction of sp³-hybridized carbons (Fsp3) is 0.350. The van der Waals surface area contributed by atoms with Gasteiger partial charge in [0, 0.05) is 11.9 Å². The zero-order valence-corrected chi connectivity index (χ0v) is 13.7. The number of aromatic nitrogens is 1. The van der Waals surface area contributed by atoms with E-state index in [-0.39, 0.29) is 0 Å². The largest absolute Gasteiger partial charge is 0.354 e. The Morgan fingerprint density at radius 2 is 1.86 bits per heavy atom. The van der Waals surface area contributed by atoms with Crippen LogP contribution in [0.2, 0.25) is 0 Å². The smallest absolute Gasteiger partial charge is 0.0893 e. The van der Waals surface area contributed by atoms with Crippen molar-refractivity contribution in [2.45, 2.75) is 46.5 Å². The molecule has 1 N–H and O–H groups in total. The minimum absolute atomic E-state index is 1.04. The second-order valence-electron chi connectivity index (χ2n) is 5.96. The van der Waals surface area contributed by atoms with Gasteiger partial charge in [-0.1, -0.05) is 43.7 Å². The van der Waals surface area contributed by atoms with Gasteiger partial charge in [-0.15, -0.1) is 0 Å². The van der Waals surface area contributed by atoms with E-state index >= 15 is 0 Å². The Kier molecular flexibility index (Phi) is 4.28. The minimum atomic E-state index is 1.04. The highest BCUT2D eigenvalue weighted by molar-refractivity contribution is 5.80. The van der Waals surface area contributed by atoms with Gasteiger partial charge in [-0.3, -0.25) is 4.98 Å². The molecule has 1 aromatic carbocycles. The van der Waals surface area contributed by atoms with E-state index in [0.29, 0.717) is 0 Å². The molecule has 0 spiro atoms. The summed E-state index contributed by atoms with van der Waals surface area (Å²) in [4.78, 5) is 4.59. The molecule has 0 fully saturated rings. The standard InChI is InChI=1S/C20H24N2/c1-4-15-12-14(3)13-16(5-2)19(15)22-18-10-6-8-17-9-7-11-21-20(17)18/h7,9-13,22H,4-6,8H2,1-3H3. The van der Waals surface area contributed by atoms with Gasteiger partial charge in [-0.2, -0.15) is 0 Å². The fourth-order valence-corrected chi connectivity index (χ4v) is 3.26. The van der Waals surface area contributed by atoms with Crippen molar-refractivity contribution in [1.82, 2.24) is 4.98 Å². The summed E-state index contributed by atoms with van der Waals surface area (Å²) in [6.07, 6.45) is 8.42. The molecule has 1 aliphatic carbocycles. The molecule has 3 rings (SSSR count). The average molecular weight is 292 g/mol. The van der Waals surface area contributed by atoms with Crippen LogP contribution in [0, 0.1) is 6.92 Å². The number of nitrogens with one attached hydrogen (secondary N) is 1. The van der Waals surface area contributed by atoms with Crippen molar-refractivity contribution in [2.75, 3.05) is 5.32 Å². The maximum Gasteiger partial charge on any atom is 0.0893 e. The highest BCUT2D eigenvalue weighted by Gasteiger charge is 2.16. The summed E-state index contributed by atoms with van der Waals surface area (Å²) in [6, 6.07) is 8.81. The predicted octanol–water partition coefficient (Wildman–Crippen LogP) is 4.91. The molecule has 1 aromatic heterocycles. The maximum atomic E-state index is 4.59. The lowest BCUT2D eigenvalue weighted by Crippen LogP contribution is -2.11. The Morgan fingerprint density at radius 1 is 1.14 bits per heavy atom. The van der Waals surface area contributed by atoms with E-state index in [9.17, 15) is 0 Å². The molecule has 2 aromatic rings. The number of rotatable bonds is 4. The zero-order chi connectivity index (χ0) is 15.5. The van der Waals surface area contributed by atoms with Crippen LogP contribution >= 0.6 is 0 Å². The number of hydrogen-bond acceptors (Lipinski definition) is 2. The molecule has 0 amide bonds. The summed E-state index contributed by atoms with van der Waals surface area (Å²) >= 11 is 0. The number of hydrogen-bond donors (Lipinski definition) is 1. The molecule has 1 heterocycles. The predicted molar refractivity (Wildman–Crippen MR) is 94.1 cm³/mol. The lowest BCUT2D eigenvalue weighted by Gasteiger charge is -2.22. The van der Waals surface area contributed by atoms with E-state index < -0.39 is 0 Å². The Labute approximate surface area is 133 Å². The second kappa shape index (κ2) is 6.35. The molecular weight excluding hydrogens is 268 g/mol. The first-order valence-corrected chi connectivity index (χ1v) is 8.26. The van der Waals surface area contributed by atoms with Gasteiger partial charge < -0.3 is 5.32 Å². The van der Waals surface area contributed by atoms with E-state index in [1.54, 1.807) is 0 Å². The van der Waals surface area contributed by atoms with E-state index in [4.69, 9.17) is 0 Å². The first-order chi connectivity index (χ1) is 10.7. The van der Waals surface area contributed by atoms with E-state index in [2.05, 4.69) is 55.3 Å². The molecular formula is C20H24N2. The molecule has 114 valence electrons. The van der Waals surface area contributed by atoms with Crippen molar-refractivity contribution < 1.29 is 0 Å². The zero-order valence-electron chi connectivity index (χ0n) is 13.7. The van der Waals surface area contributed by atoms with E-state index in [1.165, 1.54) is 27.9 Å². The van der Waals surface area contributed by atoms with Gasteiger partial charge in [0.25, 0.3) is 0 Å². The second-order valence-corrected chi connectivity index (χ2v) is 5.96. The minimum Gasteiger partial charge on any atom is -0.354 e. The highest BCUT2D eigenvalue weighted by atomic mass is 14.9. The maximum absolute atomic E-state index is 4.59. The molecule has 22 heavy (non-hydrogen) atoms. The van der Waals surface area contributed by atoms with Crippen LogP contribution in [-0.4, -0.2) is 4.98 Å². The Hall–Kier alpha value is -2.09. The normalized spacial score (nSPS) is 13.5. The molecule has 0 aliphatic heterocycles. The Bertz CT molecular complexity index is 688. The summed E-state index contributed by atoms with van der Waals surface area (Å²) in [7, 11) is 0. The van der Waals surface area contributed by atoms with Crippen LogP contribution in [0.25, 0.3) is 5.70 Å². The summed E-state index contributed by atoms with van der Waals surface area (Å²) in [5.74, 6) is 0. The number of fused-ring (bicyclic) bond motifs is 1. The molecule has 0 bridgehead atoms. The van der Waals surface area contributed by atoms with Crippen molar-refractivity contribution >= 4 is 11.4 Å². The van der Waals surface area contributed by atoms with Crippen molar-refractivity contribution in [3.05, 3.63) is 64.5 Å². The van der Waals surface area contributed by atoms with Gasteiger partial charge in [0.05, 0.1) is 11.4 Å². The SMILES string of the molecule is CCc1cc(C)cc(CC)c1NC1=CCCc2cccnc21. The molecule has 1 aliphatic rings.